The number of carbonyl (C=O) groups excluding carboxylic acids is 2. The molecule has 0 aromatic heterocycles. The minimum atomic E-state index is -0.461. The summed E-state index contributed by atoms with van der Waals surface area (Å²) in [4.78, 5) is 24.7. The van der Waals surface area contributed by atoms with Crippen LogP contribution in [0, 0.1) is 40.9 Å². The second-order valence-corrected chi connectivity index (χ2v) is 11.2. The van der Waals surface area contributed by atoms with Crippen LogP contribution >= 0.6 is 0 Å². The van der Waals surface area contributed by atoms with Crippen LogP contribution in [0.3, 0.4) is 0 Å². The van der Waals surface area contributed by atoms with Crippen molar-refractivity contribution in [3.8, 4) is 0 Å². The van der Waals surface area contributed by atoms with E-state index >= 15 is 0 Å². The fraction of sp³-hybridized carbons (Fsp3) is 0.920. The van der Waals surface area contributed by atoms with Crippen molar-refractivity contribution in [2.75, 3.05) is 6.61 Å². The van der Waals surface area contributed by atoms with Crippen molar-refractivity contribution in [2.45, 2.75) is 97.0 Å². The second-order valence-electron chi connectivity index (χ2n) is 11.2. The van der Waals surface area contributed by atoms with Crippen LogP contribution in [0.5, 0.6) is 0 Å². The Bertz CT molecular complexity index is 641. The van der Waals surface area contributed by atoms with Gasteiger partial charge in [0.2, 0.25) is 0 Å². The van der Waals surface area contributed by atoms with Gasteiger partial charge in [0.15, 0.2) is 5.78 Å². The zero-order chi connectivity index (χ0) is 20.8. The van der Waals surface area contributed by atoms with E-state index in [1.165, 1.54) is 25.7 Å². The van der Waals surface area contributed by atoms with E-state index in [4.69, 9.17) is 4.74 Å². The number of fused-ring (bicyclic) bond motifs is 5. The normalized spacial score (nSPS) is 46.3. The average Bonchev–Trinajstić information content (AvgIpc) is 3.02. The maximum Gasteiger partial charge on any atom is 0.306 e. The van der Waals surface area contributed by atoms with Gasteiger partial charge in [-0.1, -0.05) is 13.8 Å². The van der Waals surface area contributed by atoms with Gasteiger partial charge in [0.05, 0.1) is 5.60 Å². The van der Waals surface area contributed by atoms with Gasteiger partial charge in [-0.2, -0.15) is 0 Å². The topological polar surface area (TPSA) is 63.6 Å². The van der Waals surface area contributed by atoms with Gasteiger partial charge in [0, 0.05) is 12.3 Å². The molecule has 0 spiro atoms. The molecule has 8 atom stereocenters. The lowest BCUT2D eigenvalue weighted by Gasteiger charge is -2.56. The molecule has 4 heteroatoms. The monoisotopic (exact) mass is 404 g/mol. The standard InChI is InChI=1S/C25H40O4/c1-4-5-23(27)29-15-22(26)21-9-8-20-19-7-6-16-14-24(2,28)12-10-17(16)18(19)11-13-25(20,21)3/h16-21,28H,4-15H2,1-3H3/t16-,17-,18+,19+,20-,21+,24+,25-/m0/s1. The highest BCUT2D eigenvalue weighted by molar-refractivity contribution is 5.85. The van der Waals surface area contributed by atoms with Crippen LogP contribution in [-0.4, -0.2) is 29.1 Å². The summed E-state index contributed by atoms with van der Waals surface area (Å²) >= 11 is 0. The van der Waals surface area contributed by atoms with Gasteiger partial charge in [-0.15, -0.1) is 0 Å². The fourth-order valence-corrected chi connectivity index (χ4v) is 8.14. The van der Waals surface area contributed by atoms with Gasteiger partial charge in [-0.25, -0.2) is 0 Å². The minimum Gasteiger partial charge on any atom is -0.458 e. The number of rotatable bonds is 5. The summed E-state index contributed by atoms with van der Waals surface area (Å²) in [5, 5.41) is 10.5. The molecule has 0 heterocycles. The molecule has 4 fully saturated rings. The average molecular weight is 405 g/mol. The van der Waals surface area contributed by atoms with E-state index < -0.39 is 5.60 Å². The van der Waals surface area contributed by atoms with Crippen LogP contribution < -0.4 is 0 Å². The summed E-state index contributed by atoms with van der Waals surface area (Å²) < 4.78 is 5.27. The lowest BCUT2D eigenvalue weighted by atomic mass is 9.49. The van der Waals surface area contributed by atoms with E-state index in [9.17, 15) is 14.7 Å². The van der Waals surface area contributed by atoms with Crippen molar-refractivity contribution in [1.29, 1.82) is 0 Å². The van der Waals surface area contributed by atoms with E-state index in [1.807, 2.05) is 13.8 Å². The number of ether oxygens (including phenoxy) is 1. The number of carbonyl (C=O) groups is 2. The molecule has 1 N–H and O–H groups in total. The van der Waals surface area contributed by atoms with Gasteiger partial charge in [0.1, 0.15) is 6.61 Å². The zero-order valence-electron chi connectivity index (χ0n) is 18.6. The summed E-state index contributed by atoms with van der Waals surface area (Å²) in [5.74, 6) is 3.63. The lowest BCUT2D eigenvalue weighted by Crippen LogP contribution is -2.51. The molecule has 29 heavy (non-hydrogen) atoms. The molecule has 4 nitrogen and oxygen atoms in total. The quantitative estimate of drug-likeness (QED) is 0.661. The van der Waals surface area contributed by atoms with Crippen molar-refractivity contribution < 1.29 is 19.4 Å². The molecule has 164 valence electrons. The molecule has 0 aromatic carbocycles. The molecule has 0 unspecified atom stereocenters. The summed E-state index contributed by atoms with van der Waals surface area (Å²) in [6, 6.07) is 0. The first-order chi connectivity index (χ1) is 13.7. The van der Waals surface area contributed by atoms with Gasteiger partial charge in [-0.05, 0) is 106 Å². The van der Waals surface area contributed by atoms with E-state index in [-0.39, 0.29) is 29.7 Å². The third kappa shape index (κ3) is 3.91. The number of esters is 1. The molecule has 4 rings (SSSR count). The molecular weight excluding hydrogens is 364 g/mol. The predicted octanol–water partition coefficient (Wildman–Crippen LogP) is 4.92. The Morgan fingerprint density at radius 3 is 2.48 bits per heavy atom. The summed E-state index contributed by atoms with van der Waals surface area (Å²) in [6.07, 6.45) is 11.3. The third-order valence-electron chi connectivity index (χ3n) is 9.46. The SMILES string of the molecule is CCCC(=O)OCC(=O)[C@H]1CC[C@H]2[C@@H]3CC[C@H]4C[C@](C)(O)CC[C@@H]4[C@H]3CC[C@]12C. The number of ketones is 1. The van der Waals surface area contributed by atoms with Gasteiger partial charge in [0.25, 0.3) is 0 Å². The highest BCUT2D eigenvalue weighted by Crippen LogP contribution is 2.64. The molecule has 0 aromatic rings. The first-order valence-corrected chi connectivity index (χ1v) is 12.2. The molecular formula is C25H40O4. The highest BCUT2D eigenvalue weighted by Gasteiger charge is 2.58. The molecule has 0 bridgehead atoms. The van der Waals surface area contributed by atoms with E-state index in [1.54, 1.807) is 0 Å². The Morgan fingerprint density at radius 1 is 0.966 bits per heavy atom. The maximum absolute atomic E-state index is 13.0. The molecule has 0 aliphatic heterocycles. The second kappa shape index (κ2) is 7.98. The summed E-state index contributed by atoms with van der Waals surface area (Å²) in [5.41, 5.74) is -0.375. The van der Waals surface area contributed by atoms with Crippen molar-refractivity contribution in [3.63, 3.8) is 0 Å². The van der Waals surface area contributed by atoms with Crippen molar-refractivity contribution in [3.05, 3.63) is 0 Å². The molecule has 0 amide bonds. The molecule has 0 saturated heterocycles. The van der Waals surface area contributed by atoms with Crippen LogP contribution in [0.4, 0.5) is 0 Å². The van der Waals surface area contributed by atoms with Gasteiger partial charge >= 0.3 is 5.97 Å². The Hall–Kier alpha value is -0.900. The maximum atomic E-state index is 13.0. The van der Waals surface area contributed by atoms with E-state index in [2.05, 4.69) is 6.92 Å². The van der Waals surface area contributed by atoms with Crippen molar-refractivity contribution in [2.24, 2.45) is 40.9 Å². The van der Waals surface area contributed by atoms with Gasteiger partial charge < -0.3 is 9.84 Å². The Kier molecular flexibility index (Phi) is 5.87. The van der Waals surface area contributed by atoms with Crippen molar-refractivity contribution in [1.82, 2.24) is 0 Å². The van der Waals surface area contributed by atoms with Crippen LogP contribution in [0.2, 0.25) is 0 Å². The van der Waals surface area contributed by atoms with E-state index in [0.29, 0.717) is 18.3 Å². The summed E-state index contributed by atoms with van der Waals surface area (Å²) in [6.45, 7) is 6.30. The molecule has 0 radical (unpaired) electrons. The largest absolute Gasteiger partial charge is 0.458 e. The van der Waals surface area contributed by atoms with E-state index in [0.717, 1.165) is 56.3 Å². The first-order valence-electron chi connectivity index (χ1n) is 12.2. The smallest absolute Gasteiger partial charge is 0.306 e. The van der Waals surface area contributed by atoms with Crippen LogP contribution in [0.25, 0.3) is 0 Å². The van der Waals surface area contributed by atoms with Crippen LogP contribution in [0.15, 0.2) is 0 Å². The predicted molar refractivity (Wildman–Crippen MR) is 112 cm³/mol. The number of hydrogen-bond donors (Lipinski definition) is 1. The number of aliphatic hydroxyl groups is 1. The Labute approximate surface area is 176 Å². The van der Waals surface area contributed by atoms with Crippen LogP contribution in [0.1, 0.15) is 91.4 Å². The van der Waals surface area contributed by atoms with Crippen LogP contribution in [-0.2, 0) is 14.3 Å². The highest BCUT2D eigenvalue weighted by atomic mass is 16.5. The lowest BCUT2D eigenvalue weighted by molar-refractivity contribution is -0.151. The summed E-state index contributed by atoms with van der Waals surface area (Å²) in [7, 11) is 0. The minimum absolute atomic E-state index is 0.0281. The molecule has 4 aliphatic rings. The first kappa shape index (κ1) is 21.3. The third-order valence-corrected chi connectivity index (χ3v) is 9.46. The van der Waals surface area contributed by atoms with Crippen molar-refractivity contribution >= 4 is 11.8 Å². The Morgan fingerprint density at radius 2 is 1.72 bits per heavy atom. The Balaban J connectivity index is 1.42. The molecule has 4 aliphatic carbocycles. The molecule has 4 saturated carbocycles. The van der Waals surface area contributed by atoms with Gasteiger partial charge in [-0.3, -0.25) is 9.59 Å². The zero-order valence-corrected chi connectivity index (χ0v) is 18.6. The number of Topliss-reactive ketones (excluding diaryl/α,β-unsaturated/α-hetero) is 1. The fourth-order valence-electron chi connectivity index (χ4n) is 8.14. The number of hydrogen-bond acceptors (Lipinski definition) is 4.